The van der Waals surface area contributed by atoms with Gasteiger partial charge in [0.05, 0.1) is 5.56 Å². The van der Waals surface area contributed by atoms with Crippen LogP contribution in [0.1, 0.15) is 67.7 Å². The van der Waals surface area contributed by atoms with Crippen molar-refractivity contribution in [1.82, 2.24) is 0 Å². The topological polar surface area (TPSA) is 141 Å². The van der Waals surface area contributed by atoms with Crippen molar-refractivity contribution >= 4 is 67.1 Å². The summed E-state index contributed by atoms with van der Waals surface area (Å²) < 4.78 is 32.4. The monoisotopic (exact) mass is 776 g/mol. The van der Waals surface area contributed by atoms with Crippen LogP contribution in [0.3, 0.4) is 0 Å². The maximum absolute atomic E-state index is 12.4. The van der Waals surface area contributed by atoms with Crippen LogP contribution in [-0.2, 0) is 38.8 Å². The van der Waals surface area contributed by atoms with Crippen LogP contribution in [0.15, 0.2) is 60.9 Å². The first-order valence-corrected chi connectivity index (χ1v) is 23.1. The van der Waals surface area contributed by atoms with Crippen LogP contribution in [0.2, 0.25) is 39.3 Å². The van der Waals surface area contributed by atoms with Gasteiger partial charge >= 0.3 is 158 Å². The van der Waals surface area contributed by atoms with E-state index in [0.29, 0.717) is 14.9 Å². The molecule has 0 aromatic heterocycles. The number of hydrogen-bond donors (Lipinski definition) is 0. The Morgan fingerprint density at radius 3 is 1.49 bits per heavy atom. The number of ether oxygens (including phenoxy) is 2. The van der Waals surface area contributed by atoms with Gasteiger partial charge in [-0.3, -0.25) is 9.59 Å². The number of hydrogen-bond acceptors (Lipinski definition) is 11. The zero-order valence-electron chi connectivity index (χ0n) is 26.8. The van der Waals surface area contributed by atoms with Gasteiger partial charge in [0, 0.05) is 19.4 Å². The minimum atomic E-state index is -2.81. The fraction of sp³-hybridized carbons (Fsp3) is 0.387. The van der Waals surface area contributed by atoms with E-state index in [4.69, 9.17) is 24.5 Å². The van der Waals surface area contributed by atoms with Crippen LogP contribution in [0.4, 0.5) is 0 Å². The number of allylic oxidation sites excluding steroid dienone is 1. The van der Waals surface area contributed by atoms with Crippen molar-refractivity contribution in [1.29, 1.82) is 0 Å². The molecule has 0 aliphatic carbocycles. The molecule has 0 N–H and O–H groups in total. The molecule has 0 unspecified atom stereocenters. The smallest absolute Gasteiger partial charge is 0.325 e. The van der Waals surface area contributed by atoms with Gasteiger partial charge in [0.25, 0.3) is 6.29 Å². The Hall–Kier alpha value is -3.51. The molecule has 14 heteroatoms. The van der Waals surface area contributed by atoms with Gasteiger partial charge in [0.15, 0.2) is 0 Å². The molecule has 0 saturated heterocycles. The number of carbonyl (C=O) groups is 5. The summed E-state index contributed by atoms with van der Waals surface area (Å²) in [6.07, 6.45) is -1.28. The molecular weight excluding hydrogens is 731 g/mol. The fourth-order valence-corrected chi connectivity index (χ4v) is 7.60. The van der Waals surface area contributed by atoms with Crippen molar-refractivity contribution in [2.75, 3.05) is 0 Å². The number of benzene rings is 2. The average molecular weight is 777 g/mol. The van der Waals surface area contributed by atoms with Gasteiger partial charge in [-0.05, 0) is 25.7 Å². The molecule has 0 bridgehead atoms. The Bertz CT molecular complexity index is 1230. The standard InChI is InChI=1S/C15H21IO5Si.C15H20O6Si.CH4/c1-11(2)19-16(20-12(3)17)14-10-8-7-9-13(14)15(18)21-22(4,5)6;1-10(16)19-15(20-11(2)17)13-9-7-6-8-12(13)14(18)21-22(3,4)5;/h7-10H,1H2,2-6H3;6-9,15H,1-5H3;1H4. The van der Waals surface area contributed by atoms with Gasteiger partial charge in [0.2, 0.25) is 8.32 Å². The molecule has 2 rings (SSSR count). The second-order valence-corrected chi connectivity index (χ2v) is 23.3. The molecule has 0 radical (unpaired) electrons. The number of carbonyl (C=O) groups excluding carboxylic acids is 5. The Morgan fingerprint density at radius 1 is 0.644 bits per heavy atom. The zero-order valence-corrected chi connectivity index (χ0v) is 30.9. The first kappa shape index (κ1) is 41.5. The maximum Gasteiger partial charge on any atom is 0.325 e. The summed E-state index contributed by atoms with van der Waals surface area (Å²) in [6.45, 7) is 20.5. The van der Waals surface area contributed by atoms with Crippen LogP contribution in [0, 0.1) is 3.57 Å². The third-order valence-corrected chi connectivity index (χ3v) is 10.1. The van der Waals surface area contributed by atoms with Gasteiger partial charge in [-0.15, -0.1) is 0 Å². The maximum atomic E-state index is 12.4. The van der Waals surface area contributed by atoms with E-state index in [0.717, 1.165) is 0 Å². The van der Waals surface area contributed by atoms with Crippen molar-refractivity contribution in [3.63, 3.8) is 0 Å². The summed E-state index contributed by atoms with van der Waals surface area (Å²) in [5, 5.41) is 0. The second kappa shape index (κ2) is 18.5. The number of esters is 2. The van der Waals surface area contributed by atoms with Crippen LogP contribution in [-0.4, -0.2) is 46.5 Å². The Balaban J connectivity index is 0.000000842. The van der Waals surface area contributed by atoms with Gasteiger partial charge < -0.3 is 13.9 Å². The minimum Gasteiger partial charge on any atom is -0.516 e. The quantitative estimate of drug-likeness (QED) is 0.0728. The molecule has 0 fully saturated rings. The van der Waals surface area contributed by atoms with Crippen molar-refractivity contribution in [3.8, 4) is 0 Å². The van der Waals surface area contributed by atoms with E-state index in [-0.39, 0.29) is 18.6 Å². The largest absolute Gasteiger partial charge is 0.516 e. The van der Waals surface area contributed by atoms with Crippen molar-refractivity contribution in [3.05, 3.63) is 81.1 Å². The molecule has 250 valence electrons. The summed E-state index contributed by atoms with van der Waals surface area (Å²) in [7, 11) is -4.11. The SMILES string of the molecule is C.C=C(C)OI(OC(C)=O)c1ccccc1C(=O)O[Si](C)(C)C.CC(=O)OC(OC(C)=O)c1ccccc1C(=O)O[Si](C)(C)C. The van der Waals surface area contributed by atoms with Crippen molar-refractivity contribution in [2.45, 2.75) is 80.7 Å². The summed E-state index contributed by atoms with van der Waals surface area (Å²) >= 11 is -2.81. The first-order valence-electron chi connectivity index (χ1n) is 13.4. The summed E-state index contributed by atoms with van der Waals surface area (Å²) in [6, 6.07) is 13.3. The molecule has 2 aromatic rings. The van der Waals surface area contributed by atoms with Crippen LogP contribution < -0.4 is 0 Å². The predicted molar refractivity (Wildman–Crippen MR) is 184 cm³/mol. The Labute approximate surface area is 276 Å². The molecule has 11 nitrogen and oxygen atoms in total. The van der Waals surface area contributed by atoms with Gasteiger partial charge in [-0.1, -0.05) is 25.6 Å². The van der Waals surface area contributed by atoms with Crippen LogP contribution in [0.25, 0.3) is 0 Å². The Morgan fingerprint density at radius 2 is 1.07 bits per heavy atom. The minimum absolute atomic E-state index is 0. The van der Waals surface area contributed by atoms with Crippen LogP contribution >= 0.6 is 20.6 Å². The number of rotatable bonds is 11. The fourth-order valence-electron chi connectivity index (χ4n) is 3.09. The normalized spacial score (nSPS) is 11.0. The summed E-state index contributed by atoms with van der Waals surface area (Å²) in [4.78, 5) is 58.4. The van der Waals surface area contributed by atoms with E-state index in [1.807, 2.05) is 39.3 Å². The average Bonchev–Trinajstić information content (AvgIpc) is 2.85. The van der Waals surface area contributed by atoms with Crippen molar-refractivity contribution in [2.24, 2.45) is 0 Å². The molecule has 0 aliphatic rings. The summed E-state index contributed by atoms with van der Waals surface area (Å²) in [5.41, 5.74) is 0.867. The molecule has 0 aliphatic heterocycles. The van der Waals surface area contributed by atoms with E-state index < -0.39 is 73.4 Å². The van der Waals surface area contributed by atoms with Gasteiger partial charge in [-0.2, -0.15) is 0 Å². The zero-order chi connectivity index (χ0) is 33.8. The second-order valence-electron chi connectivity index (χ2n) is 11.2. The predicted octanol–water partition coefficient (Wildman–Crippen LogP) is 7.74. The molecule has 45 heavy (non-hydrogen) atoms. The van der Waals surface area contributed by atoms with Gasteiger partial charge in [0.1, 0.15) is 0 Å². The first-order chi connectivity index (χ1) is 20.2. The van der Waals surface area contributed by atoms with E-state index in [2.05, 4.69) is 6.58 Å². The third kappa shape index (κ3) is 16.4. The van der Waals surface area contributed by atoms with E-state index in [1.54, 1.807) is 49.4 Å². The Kier molecular flexibility index (Phi) is 17.0. The third-order valence-electron chi connectivity index (χ3n) is 4.42. The van der Waals surface area contributed by atoms with Crippen LogP contribution in [0.5, 0.6) is 0 Å². The van der Waals surface area contributed by atoms with Crippen molar-refractivity contribution < 1.29 is 48.4 Å². The number of halogens is 1. The molecule has 0 heterocycles. The molecule has 0 saturated carbocycles. The van der Waals surface area contributed by atoms with E-state index in [1.165, 1.54) is 26.8 Å². The summed E-state index contributed by atoms with van der Waals surface area (Å²) in [5.74, 6) is -2.19. The van der Waals surface area contributed by atoms with E-state index >= 15 is 0 Å². The molecule has 0 atom stereocenters. The van der Waals surface area contributed by atoms with E-state index in [9.17, 15) is 24.0 Å². The molecule has 0 spiro atoms. The molecule has 0 amide bonds. The van der Waals surface area contributed by atoms with Gasteiger partial charge in [-0.25, -0.2) is 4.79 Å². The molecule has 2 aromatic carbocycles. The molecular formula is C31H45IO11Si2.